The molecule has 1 aromatic heterocycles. The van der Waals surface area contributed by atoms with Crippen LogP contribution in [0, 0.1) is 6.92 Å². The molecule has 0 amide bonds. The molecule has 0 aliphatic heterocycles. The molecule has 3 rings (SSSR count). The van der Waals surface area contributed by atoms with Crippen molar-refractivity contribution in [3.63, 3.8) is 0 Å². The molecule has 0 saturated heterocycles. The summed E-state index contributed by atoms with van der Waals surface area (Å²) < 4.78 is 1.46. The molecule has 0 radical (unpaired) electrons. The lowest BCUT2D eigenvalue weighted by molar-refractivity contribution is -0.130. The second-order valence-corrected chi connectivity index (χ2v) is 4.65. The van der Waals surface area contributed by atoms with Crippen LogP contribution in [-0.4, -0.2) is 25.8 Å². The van der Waals surface area contributed by atoms with E-state index in [1.807, 2.05) is 42.5 Å². The van der Waals surface area contributed by atoms with Crippen LogP contribution >= 0.6 is 0 Å². The summed E-state index contributed by atoms with van der Waals surface area (Å²) in [7, 11) is 0. The van der Waals surface area contributed by atoms with Crippen LogP contribution < -0.4 is 0 Å². The number of aliphatic carboxylic acids is 1. The number of hydrogen-bond acceptors (Lipinski definition) is 3. The van der Waals surface area contributed by atoms with Gasteiger partial charge in [-0.2, -0.15) is 0 Å². The zero-order chi connectivity index (χ0) is 14.8. The van der Waals surface area contributed by atoms with Crippen LogP contribution in [0.1, 0.15) is 11.4 Å². The van der Waals surface area contributed by atoms with Crippen LogP contribution in [-0.2, 0) is 4.79 Å². The number of aryl methyl sites for hydroxylation is 1. The average Bonchev–Trinajstić information content (AvgIpc) is 2.90. The van der Waals surface area contributed by atoms with E-state index in [-0.39, 0.29) is 5.70 Å². The normalized spacial score (nSPS) is 11.8. The molecule has 0 unspecified atom stereocenters. The monoisotopic (exact) mass is 279 g/mol. The van der Waals surface area contributed by atoms with E-state index < -0.39 is 5.97 Å². The highest BCUT2D eigenvalue weighted by molar-refractivity contribution is 6.15. The second kappa shape index (κ2) is 5.20. The first-order valence-electron chi connectivity index (χ1n) is 6.46. The quantitative estimate of drug-likeness (QED) is 0.748. The smallest absolute Gasteiger partial charge is 0.352 e. The number of aromatic nitrogens is 3. The Morgan fingerprint density at radius 1 is 1.19 bits per heavy atom. The van der Waals surface area contributed by atoms with Crippen LogP contribution in [0.25, 0.3) is 22.5 Å². The van der Waals surface area contributed by atoms with E-state index in [0.29, 0.717) is 5.82 Å². The predicted molar refractivity (Wildman–Crippen MR) is 80.5 cm³/mol. The summed E-state index contributed by atoms with van der Waals surface area (Å²) in [4.78, 5) is 11.5. The molecule has 0 aliphatic carbocycles. The number of benzene rings is 2. The van der Waals surface area contributed by atoms with Crippen molar-refractivity contribution in [3.8, 4) is 0 Å². The minimum Gasteiger partial charge on any atom is -0.477 e. The molecule has 0 bridgehead atoms. The first-order chi connectivity index (χ1) is 10.2. The van der Waals surface area contributed by atoms with Crippen molar-refractivity contribution in [2.45, 2.75) is 6.92 Å². The van der Waals surface area contributed by atoms with Crippen LogP contribution in [0.15, 0.2) is 48.8 Å². The Bertz CT molecular complexity index is 844. The molecule has 1 heterocycles. The maximum atomic E-state index is 11.5. The highest BCUT2D eigenvalue weighted by Crippen LogP contribution is 2.22. The molecule has 1 N–H and O–H groups in total. The van der Waals surface area contributed by atoms with E-state index in [0.717, 1.165) is 16.3 Å². The maximum absolute atomic E-state index is 11.5. The van der Waals surface area contributed by atoms with E-state index in [1.165, 1.54) is 10.9 Å². The van der Waals surface area contributed by atoms with Gasteiger partial charge in [-0.25, -0.2) is 4.79 Å². The SMILES string of the molecule is Cc1nncn1/C(=C\c1cccc2ccccc12)C(=O)O. The molecule has 0 fully saturated rings. The van der Waals surface area contributed by atoms with E-state index in [2.05, 4.69) is 10.2 Å². The highest BCUT2D eigenvalue weighted by Gasteiger charge is 2.13. The van der Waals surface area contributed by atoms with Crippen LogP contribution in [0.5, 0.6) is 0 Å². The molecule has 0 saturated carbocycles. The fraction of sp³-hybridized carbons (Fsp3) is 0.0625. The molecule has 5 nitrogen and oxygen atoms in total. The molecular weight excluding hydrogens is 266 g/mol. The lowest BCUT2D eigenvalue weighted by Crippen LogP contribution is -2.08. The van der Waals surface area contributed by atoms with E-state index >= 15 is 0 Å². The molecule has 0 spiro atoms. The van der Waals surface area contributed by atoms with Crippen molar-refractivity contribution >= 4 is 28.5 Å². The number of carboxylic acids is 1. The van der Waals surface area contributed by atoms with Crippen LogP contribution in [0.3, 0.4) is 0 Å². The van der Waals surface area contributed by atoms with Gasteiger partial charge in [0.25, 0.3) is 0 Å². The molecule has 0 atom stereocenters. The van der Waals surface area contributed by atoms with Gasteiger partial charge in [0.2, 0.25) is 0 Å². The van der Waals surface area contributed by atoms with Gasteiger partial charge in [0.1, 0.15) is 17.8 Å². The minimum atomic E-state index is -1.02. The van der Waals surface area contributed by atoms with Gasteiger partial charge in [-0.15, -0.1) is 10.2 Å². The van der Waals surface area contributed by atoms with Gasteiger partial charge in [-0.05, 0) is 29.3 Å². The van der Waals surface area contributed by atoms with Gasteiger partial charge < -0.3 is 5.11 Å². The fourth-order valence-corrected chi connectivity index (χ4v) is 2.29. The Balaban J connectivity index is 2.21. The Morgan fingerprint density at radius 2 is 1.95 bits per heavy atom. The number of hydrogen-bond donors (Lipinski definition) is 1. The average molecular weight is 279 g/mol. The number of nitrogens with zero attached hydrogens (tertiary/aromatic N) is 3. The van der Waals surface area contributed by atoms with Crippen LogP contribution in [0.4, 0.5) is 0 Å². The first-order valence-corrected chi connectivity index (χ1v) is 6.46. The van der Waals surface area contributed by atoms with Crippen molar-refractivity contribution in [2.75, 3.05) is 0 Å². The van der Waals surface area contributed by atoms with E-state index in [9.17, 15) is 9.90 Å². The molecule has 104 valence electrons. The Kier molecular flexibility index (Phi) is 3.23. The summed E-state index contributed by atoms with van der Waals surface area (Å²) >= 11 is 0. The summed E-state index contributed by atoms with van der Waals surface area (Å²) in [6.45, 7) is 1.72. The fourth-order valence-electron chi connectivity index (χ4n) is 2.29. The number of carboxylic acid groups (broad SMARTS) is 1. The summed E-state index contributed by atoms with van der Waals surface area (Å²) in [6, 6.07) is 13.7. The standard InChI is InChI=1S/C16H13N3O2/c1-11-18-17-10-19(11)15(16(20)21)9-13-7-4-6-12-5-2-3-8-14(12)13/h2-10H,1H3,(H,20,21)/b15-9-. The third-order valence-corrected chi connectivity index (χ3v) is 3.31. The Morgan fingerprint density at radius 3 is 2.67 bits per heavy atom. The summed E-state index contributed by atoms with van der Waals surface area (Å²) in [5.41, 5.74) is 0.965. The molecule has 2 aromatic carbocycles. The Hall–Kier alpha value is -2.95. The van der Waals surface area contributed by atoms with Gasteiger partial charge >= 0.3 is 5.97 Å². The highest BCUT2D eigenvalue weighted by atomic mass is 16.4. The van der Waals surface area contributed by atoms with Gasteiger partial charge in [-0.3, -0.25) is 4.57 Å². The zero-order valence-electron chi connectivity index (χ0n) is 11.4. The van der Waals surface area contributed by atoms with Gasteiger partial charge in [0.05, 0.1) is 0 Å². The van der Waals surface area contributed by atoms with Crippen molar-refractivity contribution in [1.29, 1.82) is 0 Å². The topological polar surface area (TPSA) is 68.0 Å². The zero-order valence-corrected chi connectivity index (χ0v) is 11.4. The molecule has 5 heteroatoms. The van der Waals surface area contributed by atoms with Crippen molar-refractivity contribution in [2.24, 2.45) is 0 Å². The van der Waals surface area contributed by atoms with Gasteiger partial charge in [0.15, 0.2) is 0 Å². The van der Waals surface area contributed by atoms with Gasteiger partial charge in [-0.1, -0.05) is 42.5 Å². The van der Waals surface area contributed by atoms with E-state index in [4.69, 9.17) is 0 Å². The third-order valence-electron chi connectivity index (χ3n) is 3.31. The lowest BCUT2D eigenvalue weighted by atomic mass is 10.0. The largest absolute Gasteiger partial charge is 0.477 e. The number of fused-ring (bicyclic) bond motifs is 1. The van der Waals surface area contributed by atoms with Crippen molar-refractivity contribution in [3.05, 3.63) is 60.2 Å². The van der Waals surface area contributed by atoms with Crippen molar-refractivity contribution in [1.82, 2.24) is 14.8 Å². The van der Waals surface area contributed by atoms with Gasteiger partial charge in [0, 0.05) is 0 Å². The second-order valence-electron chi connectivity index (χ2n) is 4.65. The summed E-state index contributed by atoms with van der Waals surface area (Å²) in [5, 5.41) is 19.1. The predicted octanol–water partition coefficient (Wildman–Crippen LogP) is 2.82. The Labute approximate surface area is 121 Å². The lowest BCUT2D eigenvalue weighted by Gasteiger charge is -2.07. The molecule has 3 aromatic rings. The molecular formula is C16H13N3O2. The maximum Gasteiger partial charge on any atom is 0.352 e. The first kappa shape index (κ1) is 13.1. The van der Waals surface area contributed by atoms with E-state index in [1.54, 1.807) is 13.0 Å². The minimum absolute atomic E-state index is 0.119. The molecule has 21 heavy (non-hydrogen) atoms. The number of carbonyl (C=O) groups is 1. The summed E-state index contributed by atoms with van der Waals surface area (Å²) in [5.74, 6) is -0.491. The number of rotatable bonds is 3. The summed E-state index contributed by atoms with van der Waals surface area (Å²) in [6.07, 6.45) is 3.04. The van der Waals surface area contributed by atoms with Crippen LogP contribution in [0.2, 0.25) is 0 Å². The van der Waals surface area contributed by atoms with Crippen molar-refractivity contribution < 1.29 is 9.90 Å². The molecule has 0 aliphatic rings. The third kappa shape index (κ3) is 2.41.